The minimum absolute atomic E-state index is 0.821. The van der Waals surface area contributed by atoms with Crippen LogP contribution in [0.1, 0.15) is 0 Å². The second-order valence-corrected chi connectivity index (χ2v) is 14.4. The lowest BCUT2D eigenvalue weighted by atomic mass is 9.87. The smallest absolute Gasteiger partial charge is 0.159 e. The summed E-state index contributed by atoms with van der Waals surface area (Å²) in [7, 11) is 0. The third-order valence-electron chi connectivity index (χ3n) is 11.3. The molecule has 0 atom stereocenters. The summed E-state index contributed by atoms with van der Waals surface area (Å²) in [6.07, 6.45) is 0. The Morgan fingerprint density at radius 3 is 1.75 bits per heavy atom. The van der Waals surface area contributed by atoms with Crippen LogP contribution in [0.2, 0.25) is 0 Å². The van der Waals surface area contributed by atoms with Gasteiger partial charge in [0.1, 0.15) is 5.75 Å². The zero-order chi connectivity index (χ0) is 37.0. The second kappa shape index (κ2) is 13.2. The van der Waals surface area contributed by atoms with Crippen molar-refractivity contribution in [3.8, 4) is 56.0 Å². The zero-order valence-electron chi connectivity index (χ0n) is 30.6. The fourth-order valence-electron chi connectivity index (χ4n) is 8.70. The molecule has 0 spiro atoms. The first kappa shape index (κ1) is 32.0. The van der Waals surface area contributed by atoms with Crippen LogP contribution in [-0.2, 0) is 0 Å². The molecule has 1 aliphatic rings. The van der Waals surface area contributed by atoms with Crippen molar-refractivity contribution >= 4 is 49.4 Å². The van der Waals surface area contributed by atoms with Crippen LogP contribution in [0.4, 0.5) is 17.1 Å². The zero-order valence-corrected chi connectivity index (χ0v) is 30.6. The highest BCUT2D eigenvalue weighted by molar-refractivity contribution is 6.16. The van der Waals surface area contributed by atoms with Crippen LogP contribution in [0, 0.1) is 0 Å². The molecule has 0 unspecified atom stereocenters. The number of anilines is 3. The van der Waals surface area contributed by atoms with E-state index in [-0.39, 0.29) is 0 Å². The number of para-hydroxylation sites is 2. The number of hydrogen-bond acceptors (Lipinski definition) is 2. The van der Waals surface area contributed by atoms with Crippen molar-refractivity contribution in [2.45, 2.75) is 0 Å². The first-order valence-corrected chi connectivity index (χ1v) is 19.2. The standard InChI is InChI=1S/C54H35NO/c1-3-15-36(16-4-1)37-29-31-40(32-30-37)55(51-35-39-19-7-8-20-42(39)43-21-9-10-22-45(43)51)50-27-14-26-48-47-34-33-44-41(38-17-5-2-6-18-38)24-13-25-46(44)53(47)49-23-11-12-28-52(49)56-54(48)50/h1-35H. The first-order valence-electron chi connectivity index (χ1n) is 19.2. The van der Waals surface area contributed by atoms with Crippen LogP contribution in [0.15, 0.2) is 212 Å². The summed E-state index contributed by atoms with van der Waals surface area (Å²) in [6, 6.07) is 76.3. The maximum absolute atomic E-state index is 7.25. The molecular weight excluding hydrogens is 679 g/mol. The minimum Gasteiger partial charge on any atom is -0.454 e. The van der Waals surface area contributed by atoms with Crippen LogP contribution in [-0.4, -0.2) is 0 Å². The molecular formula is C54H35NO. The summed E-state index contributed by atoms with van der Waals surface area (Å²) < 4.78 is 7.25. The van der Waals surface area contributed by atoms with E-state index >= 15 is 0 Å². The lowest BCUT2D eigenvalue weighted by Crippen LogP contribution is -2.12. The Kier molecular flexibility index (Phi) is 7.53. The predicted octanol–water partition coefficient (Wildman–Crippen LogP) is 15.4. The van der Waals surface area contributed by atoms with E-state index < -0.39 is 0 Å². The molecule has 0 amide bonds. The molecule has 1 aliphatic heterocycles. The molecule has 0 aliphatic carbocycles. The third-order valence-corrected chi connectivity index (χ3v) is 11.3. The molecule has 0 saturated carbocycles. The topological polar surface area (TPSA) is 12.5 Å². The molecule has 0 N–H and O–H groups in total. The molecule has 56 heavy (non-hydrogen) atoms. The van der Waals surface area contributed by atoms with Gasteiger partial charge in [0.25, 0.3) is 0 Å². The molecule has 0 fully saturated rings. The molecule has 0 radical (unpaired) electrons. The summed E-state index contributed by atoms with van der Waals surface area (Å²) in [6.45, 7) is 0. The first-order chi connectivity index (χ1) is 27.8. The van der Waals surface area contributed by atoms with Crippen molar-refractivity contribution in [3.05, 3.63) is 212 Å². The van der Waals surface area contributed by atoms with Gasteiger partial charge in [0.2, 0.25) is 0 Å². The molecule has 10 aromatic rings. The Balaban J connectivity index is 1.19. The fourth-order valence-corrected chi connectivity index (χ4v) is 8.70. The van der Waals surface area contributed by atoms with Crippen LogP contribution < -0.4 is 9.64 Å². The molecule has 10 aromatic carbocycles. The van der Waals surface area contributed by atoms with E-state index in [1.807, 2.05) is 0 Å². The summed E-state index contributed by atoms with van der Waals surface area (Å²) in [4.78, 5) is 2.39. The Morgan fingerprint density at radius 1 is 0.321 bits per heavy atom. The molecule has 0 aromatic heterocycles. The monoisotopic (exact) mass is 713 g/mol. The Morgan fingerprint density at radius 2 is 0.929 bits per heavy atom. The SMILES string of the molecule is c1ccc(-c2ccc(N(c3cccc4c3Oc3ccccc3-c3c-4ccc4c(-c5ccccc5)cccc34)c3cc4ccccc4c4ccccc34)cc2)cc1. The minimum atomic E-state index is 0.821. The van der Waals surface area contributed by atoms with E-state index in [0.29, 0.717) is 0 Å². The Labute approximate surface area is 326 Å². The van der Waals surface area contributed by atoms with E-state index in [1.54, 1.807) is 0 Å². The van der Waals surface area contributed by atoms with Crippen molar-refractivity contribution in [1.82, 2.24) is 0 Å². The number of ether oxygens (including phenoxy) is 1. The average Bonchev–Trinajstić information content (AvgIpc) is 3.42. The van der Waals surface area contributed by atoms with E-state index in [4.69, 9.17) is 4.74 Å². The van der Waals surface area contributed by atoms with Gasteiger partial charge in [-0.3, -0.25) is 0 Å². The maximum atomic E-state index is 7.25. The van der Waals surface area contributed by atoms with Gasteiger partial charge in [-0.2, -0.15) is 0 Å². The third kappa shape index (κ3) is 5.19. The van der Waals surface area contributed by atoms with Gasteiger partial charge in [0.15, 0.2) is 5.75 Å². The van der Waals surface area contributed by atoms with Gasteiger partial charge in [0, 0.05) is 27.8 Å². The summed E-state index contributed by atoms with van der Waals surface area (Å²) in [5, 5.41) is 7.22. The van der Waals surface area contributed by atoms with E-state index in [2.05, 4.69) is 217 Å². The lowest BCUT2D eigenvalue weighted by molar-refractivity contribution is 0.489. The number of hydrogen-bond donors (Lipinski definition) is 0. The van der Waals surface area contributed by atoms with Gasteiger partial charge < -0.3 is 9.64 Å². The quantitative estimate of drug-likeness (QED) is 0.165. The summed E-state index contributed by atoms with van der Waals surface area (Å²) in [5.41, 5.74) is 12.3. The number of nitrogens with zero attached hydrogens (tertiary/aromatic N) is 1. The summed E-state index contributed by atoms with van der Waals surface area (Å²) in [5.74, 6) is 1.65. The normalized spacial score (nSPS) is 11.7. The molecule has 0 bridgehead atoms. The van der Waals surface area contributed by atoms with Gasteiger partial charge in [-0.25, -0.2) is 0 Å². The second-order valence-electron chi connectivity index (χ2n) is 14.4. The van der Waals surface area contributed by atoms with Crippen LogP contribution in [0.5, 0.6) is 11.5 Å². The highest BCUT2D eigenvalue weighted by Gasteiger charge is 2.28. The van der Waals surface area contributed by atoms with Gasteiger partial charge in [-0.05, 0) is 85.1 Å². The van der Waals surface area contributed by atoms with Crippen molar-refractivity contribution in [1.29, 1.82) is 0 Å². The van der Waals surface area contributed by atoms with Crippen LogP contribution in [0.25, 0.3) is 76.8 Å². The Bertz CT molecular complexity index is 3100. The average molecular weight is 714 g/mol. The molecule has 262 valence electrons. The Hall–Kier alpha value is -7.42. The van der Waals surface area contributed by atoms with Crippen molar-refractivity contribution in [2.24, 2.45) is 0 Å². The van der Waals surface area contributed by atoms with Gasteiger partial charge in [-0.15, -0.1) is 0 Å². The van der Waals surface area contributed by atoms with Crippen molar-refractivity contribution in [3.63, 3.8) is 0 Å². The number of fused-ring (bicyclic) bond motifs is 10. The molecule has 0 saturated heterocycles. The fraction of sp³-hybridized carbons (Fsp3) is 0. The molecule has 1 heterocycles. The van der Waals surface area contributed by atoms with E-state index in [0.717, 1.165) is 45.3 Å². The number of rotatable bonds is 5. The van der Waals surface area contributed by atoms with Crippen molar-refractivity contribution in [2.75, 3.05) is 4.90 Å². The highest BCUT2D eigenvalue weighted by Crippen LogP contribution is 2.55. The van der Waals surface area contributed by atoms with Gasteiger partial charge in [0.05, 0.1) is 11.4 Å². The number of benzene rings is 10. The summed E-state index contributed by atoms with van der Waals surface area (Å²) >= 11 is 0. The molecule has 2 heteroatoms. The van der Waals surface area contributed by atoms with E-state index in [1.165, 1.54) is 60.1 Å². The predicted molar refractivity (Wildman–Crippen MR) is 235 cm³/mol. The van der Waals surface area contributed by atoms with Crippen LogP contribution in [0.3, 0.4) is 0 Å². The van der Waals surface area contributed by atoms with E-state index in [9.17, 15) is 0 Å². The largest absolute Gasteiger partial charge is 0.454 e. The maximum Gasteiger partial charge on any atom is 0.159 e. The molecule has 2 nitrogen and oxygen atoms in total. The van der Waals surface area contributed by atoms with Gasteiger partial charge >= 0.3 is 0 Å². The van der Waals surface area contributed by atoms with Crippen molar-refractivity contribution < 1.29 is 4.74 Å². The molecule has 11 rings (SSSR count). The lowest BCUT2D eigenvalue weighted by Gasteiger charge is -2.30. The van der Waals surface area contributed by atoms with Crippen LogP contribution >= 0.6 is 0 Å². The highest BCUT2D eigenvalue weighted by atomic mass is 16.5. The van der Waals surface area contributed by atoms with Gasteiger partial charge in [-0.1, -0.05) is 182 Å².